The first-order chi connectivity index (χ1) is 11.1. The maximum atomic E-state index is 11.8. The number of aromatic carboxylic acids is 1. The molecule has 0 fully saturated rings. The number of esters is 2. The quantitative estimate of drug-likeness (QED) is 0.368. The number of ether oxygens (including phenoxy) is 2. The van der Waals surface area contributed by atoms with Gasteiger partial charge in [-0.1, -0.05) is 24.8 Å². The highest BCUT2D eigenvalue weighted by molar-refractivity contribution is 6.01. The second kappa shape index (κ2) is 10.2. The number of hydrogen-bond donors (Lipinski definition) is 0. The Bertz CT molecular complexity index is 564. The van der Waals surface area contributed by atoms with Gasteiger partial charge in [0.1, 0.15) is 0 Å². The Morgan fingerprint density at radius 3 is 2.09 bits per heavy atom. The smallest absolute Gasteiger partial charge is 0.338 e. The average Bonchev–Trinajstić information content (AvgIpc) is 2.56. The van der Waals surface area contributed by atoms with Gasteiger partial charge in [0.2, 0.25) is 0 Å². The molecular formula is C17H19O6-. The number of benzene rings is 1. The maximum Gasteiger partial charge on any atom is 0.338 e. The van der Waals surface area contributed by atoms with Crippen LogP contribution in [0.1, 0.15) is 46.4 Å². The third kappa shape index (κ3) is 6.78. The molecule has 1 rings (SSSR count). The lowest BCUT2D eigenvalue weighted by atomic mass is 10.1. The monoisotopic (exact) mass is 319 g/mol. The summed E-state index contributed by atoms with van der Waals surface area (Å²) in [4.78, 5) is 33.5. The summed E-state index contributed by atoms with van der Waals surface area (Å²) < 4.78 is 9.88. The molecule has 23 heavy (non-hydrogen) atoms. The molecule has 0 heterocycles. The fraction of sp³-hybridized carbons (Fsp3) is 0.353. The molecule has 0 bridgehead atoms. The van der Waals surface area contributed by atoms with Crippen LogP contribution in [0.2, 0.25) is 0 Å². The van der Waals surface area contributed by atoms with Crippen LogP contribution in [0, 0.1) is 0 Å². The summed E-state index contributed by atoms with van der Waals surface area (Å²) in [5.74, 6) is -2.53. The molecule has 0 atom stereocenters. The lowest BCUT2D eigenvalue weighted by molar-refractivity contribution is -0.255. The summed E-state index contributed by atoms with van der Waals surface area (Å²) in [5, 5.41) is 10.9. The van der Waals surface area contributed by atoms with Crippen molar-refractivity contribution in [2.45, 2.75) is 25.7 Å². The zero-order valence-corrected chi connectivity index (χ0v) is 12.8. The second-order valence-electron chi connectivity index (χ2n) is 4.75. The molecule has 0 radical (unpaired) electrons. The van der Waals surface area contributed by atoms with E-state index in [1.165, 1.54) is 18.2 Å². The van der Waals surface area contributed by atoms with E-state index in [1.807, 2.05) is 0 Å². The molecule has 0 aliphatic heterocycles. The van der Waals surface area contributed by atoms with Gasteiger partial charge in [-0.3, -0.25) is 0 Å². The van der Waals surface area contributed by atoms with E-state index in [1.54, 1.807) is 6.07 Å². The van der Waals surface area contributed by atoms with E-state index >= 15 is 0 Å². The third-order valence-electron chi connectivity index (χ3n) is 3.05. The molecule has 1 aromatic carbocycles. The number of rotatable bonds is 10. The molecule has 0 unspecified atom stereocenters. The van der Waals surface area contributed by atoms with Gasteiger partial charge in [0.15, 0.2) is 0 Å². The molecule has 0 aliphatic carbocycles. The van der Waals surface area contributed by atoms with E-state index in [0.29, 0.717) is 13.0 Å². The van der Waals surface area contributed by atoms with Crippen molar-refractivity contribution in [2.75, 3.05) is 13.2 Å². The molecule has 0 N–H and O–H groups in total. The predicted molar refractivity (Wildman–Crippen MR) is 80.7 cm³/mol. The molecule has 124 valence electrons. The largest absolute Gasteiger partial charge is 0.545 e. The number of carboxylic acids is 1. The summed E-state index contributed by atoms with van der Waals surface area (Å²) in [6.45, 7) is 3.83. The summed E-state index contributed by atoms with van der Waals surface area (Å²) in [6, 6.07) is 5.77. The van der Waals surface area contributed by atoms with Gasteiger partial charge in [-0.2, -0.15) is 0 Å². The van der Waals surface area contributed by atoms with E-state index in [2.05, 4.69) is 6.58 Å². The van der Waals surface area contributed by atoms with Crippen LogP contribution >= 0.6 is 0 Å². The first kappa shape index (κ1) is 18.4. The van der Waals surface area contributed by atoms with Gasteiger partial charge in [0, 0.05) is 11.6 Å². The van der Waals surface area contributed by atoms with Crippen LogP contribution in [-0.2, 0) is 14.3 Å². The van der Waals surface area contributed by atoms with Gasteiger partial charge < -0.3 is 19.4 Å². The van der Waals surface area contributed by atoms with Crippen molar-refractivity contribution in [2.24, 2.45) is 0 Å². The highest BCUT2D eigenvalue weighted by atomic mass is 16.5. The Morgan fingerprint density at radius 2 is 1.52 bits per heavy atom. The number of carboxylic acid groups (broad SMARTS) is 1. The topological polar surface area (TPSA) is 92.7 Å². The molecule has 6 nitrogen and oxygen atoms in total. The highest BCUT2D eigenvalue weighted by Crippen LogP contribution is 2.10. The second-order valence-corrected chi connectivity index (χ2v) is 4.75. The first-order valence-corrected chi connectivity index (χ1v) is 7.33. The average molecular weight is 319 g/mol. The zero-order chi connectivity index (χ0) is 17.1. The minimum absolute atomic E-state index is 0.0103. The fourth-order valence-corrected chi connectivity index (χ4v) is 1.87. The number of hydrogen-bond acceptors (Lipinski definition) is 6. The van der Waals surface area contributed by atoms with Gasteiger partial charge in [0.05, 0.1) is 24.7 Å². The van der Waals surface area contributed by atoms with Gasteiger partial charge in [-0.25, -0.2) is 9.59 Å². The normalized spacial score (nSPS) is 9.91. The van der Waals surface area contributed by atoms with Gasteiger partial charge in [0.25, 0.3) is 0 Å². The summed E-state index contributed by atoms with van der Waals surface area (Å²) >= 11 is 0. The molecule has 0 saturated carbocycles. The Labute approximate surface area is 134 Å². The van der Waals surface area contributed by atoms with Gasteiger partial charge >= 0.3 is 11.9 Å². The Hall–Kier alpha value is -2.63. The van der Waals surface area contributed by atoms with Crippen LogP contribution in [0.3, 0.4) is 0 Å². The zero-order valence-electron chi connectivity index (χ0n) is 12.8. The van der Waals surface area contributed by atoms with Crippen molar-refractivity contribution < 1.29 is 29.0 Å². The minimum atomic E-state index is -1.41. The van der Waals surface area contributed by atoms with Crippen molar-refractivity contribution in [1.29, 1.82) is 0 Å². The SMILES string of the molecule is C=CC(=O)OCCCCCCOC(=O)c1ccccc1C(=O)[O-]. The first-order valence-electron chi connectivity index (χ1n) is 7.33. The van der Waals surface area contributed by atoms with E-state index in [9.17, 15) is 19.5 Å². The van der Waals surface area contributed by atoms with Crippen molar-refractivity contribution in [1.82, 2.24) is 0 Å². The summed E-state index contributed by atoms with van der Waals surface area (Å²) in [7, 11) is 0. The van der Waals surface area contributed by atoms with Crippen LogP contribution in [0.4, 0.5) is 0 Å². The molecule has 0 aliphatic rings. The van der Waals surface area contributed by atoms with Crippen LogP contribution in [-0.4, -0.2) is 31.1 Å². The van der Waals surface area contributed by atoms with Crippen LogP contribution in [0.5, 0.6) is 0 Å². The van der Waals surface area contributed by atoms with E-state index in [-0.39, 0.29) is 17.7 Å². The molecule has 0 aromatic heterocycles. The molecule has 0 spiro atoms. The molecule has 6 heteroatoms. The van der Waals surface area contributed by atoms with Crippen molar-refractivity contribution in [3.8, 4) is 0 Å². The summed E-state index contributed by atoms with van der Waals surface area (Å²) in [5.41, 5.74) is -0.189. The van der Waals surface area contributed by atoms with Crippen molar-refractivity contribution in [3.05, 3.63) is 48.0 Å². The molecule has 0 saturated heterocycles. The van der Waals surface area contributed by atoms with E-state index in [4.69, 9.17) is 9.47 Å². The molecule has 1 aromatic rings. The summed E-state index contributed by atoms with van der Waals surface area (Å²) in [6.07, 6.45) is 4.12. The number of unbranched alkanes of at least 4 members (excludes halogenated alkanes) is 3. The Kier molecular flexibility index (Phi) is 8.13. The van der Waals surface area contributed by atoms with Gasteiger partial charge in [-0.15, -0.1) is 0 Å². The van der Waals surface area contributed by atoms with Gasteiger partial charge in [-0.05, 0) is 31.7 Å². The number of carbonyl (C=O) groups excluding carboxylic acids is 3. The Morgan fingerprint density at radius 1 is 0.957 bits per heavy atom. The number of carbonyl (C=O) groups is 3. The minimum Gasteiger partial charge on any atom is -0.545 e. The van der Waals surface area contributed by atoms with Crippen LogP contribution in [0.25, 0.3) is 0 Å². The Balaban J connectivity index is 2.21. The molecule has 0 amide bonds. The third-order valence-corrected chi connectivity index (χ3v) is 3.05. The predicted octanol–water partition coefficient (Wildman–Crippen LogP) is 1.50. The molecular weight excluding hydrogens is 300 g/mol. The lowest BCUT2D eigenvalue weighted by Gasteiger charge is -2.10. The highest BCUT2D eigenvalue weighted by Gasteiger charge is 2.12. The van der Waals surface area contributed by atoms with Crippen LogP contribution < -0.4 is 5.11 Å². The van der Waals surface area contributed by atoms with Crippen molar-refractivity contribution >= 4 is 17.9 Å². The van der Waals surface area contributed by atoms with Crippen molar-refractivity contribution in [3.63, 3.8) is 0 Å². The van der Waals surface area contributed by atoms with E-state index < -0.39 is 17.9 Å². The maximum absolute atomic E-state index is 11.8. The van der Waals surface area contributed by atoms with Crippen LogP contribution in [0.15, 0.2) is 36.9 Å². The lowest BCUT2D eigenvalue weighted by Crippen LogP contribution is -2.25. The standard InChI is InChI=1S/C17H20O6/c1-2-15(18)22-11-7-3-4-8-12-23-17(21)14-10-6-5-9-13(14)16(19)20/h2,5-6,9-10H,1,3-4,7-8,11-12H2,(H,19,20)/p-1. The van der Waals surface area contributed by atoms with E-state index in [0.717, 1.165) is 25.3 Å². The fourth-order valence-electron chi connectivity index (χ4n) is 1.87.